The Morgan fingerprint density at radius 1 is 1.33 bits per heavy atom. The van der Waals surface area contributed by atoms with E-state index in [9.17, 15) is 9.59 Å². The van der Waals surface area contributed by atoms with Gasteiger partial charge in [0, 0.05) is 31.8 Å². The number of ether oxygens (including phenoxy) is 1. The summed E-state index contributed by atoms with van der Waals surface area (Å²) in [6, 6.07) is 8.03. The van der Waals surface area contributed by atoms with Gasteiger partial charge in [-0.25, -0.2) is 9.59 Å². The molecule has 2 aromatic rings. The summed E-state index contributed by atoms with van der Waals surface area (Å²) in [7, 11) is 1.39. The predicted molar refractivity (Wildman–Crippen MR) is 93.0 cm³/mol. The van der Waals surface area contributed by atoms with Crippen molar-refractivity contribution in [2.75, 3.05) is 26.7 Å². The Bertz CT molecular complexity index is 810. The van der Waals surface area contributed by atoms with Crippen LogP contribution in [0.3, 0.4) is 0 Å². The Morgan fingerprint density at radius 2 is 2.04 bits per heavy atom. The van der Waals surface area contributed by atoms with Crippen LogP contribution in [0.2, 0.25) is 0 Å². The van der Waals surface area contributed by atoms with Crippen molar-refractivity contribution in [2.45, 2.75) is 25.8 Å². The van der Waals surface area contributed by atoms with E-state index in [-0.39, 0.29) is 17.7 Å². The summed E-state index contributed by atoms with van der Waals surface area (Å²) in [5.74, 6) is -0.312. The lowest BCUT2D eigenvalue weighted by Gasteiger charge is -2.32. The minimum atomic E-state index is -0.312. The van der Waals surface area contributed by atoms with Crippen LogP contribution in [0.1, 0.15) is 25.8 Å². The third-order valence-corrected chi connectivity index (χ3v) is 4.58. The smallest absolute Gasteiger partial charge is 0.330 e. The number of carbonyl (C=O) groups is 1. The Labute approximate surface area is 140 Å². The largest absolute Gasteiger partial charge is 0.466 e. The van der Waals surface area contributed by atoms with Crippen LogP contribution in [-0.2, 0) is 9.53 Å². The number of likely N-dealkylation sites (tertiary alicyclic amines) is 1. The van der Waals surface area contributed by atoms with E-state index in [1.54, 1.807) is 0 Å². The zero-order valence-electron chi connectivity index (χ0n) is 14.1. The van der Waals surface area contributed by atoms with E-state index >= 15 is 0 Å². The summed E-state index contributed by atoms with van der Waals surface area (Å²) in [5, 5.41) is 0. The number of H-pyrrole nitrogens is 1. The van der Waals surface area contributed by atoms with Gasteiger partial charge in [-0.15, -0.1) is 0 Å². The van der Waals surface area contributed by atoms with Gasteiger partial charge in [0.1, 0.15) is 0 Å². The van der Waals surface area contributed by atoms with Gasteiger partial charge in [0.05, 0.1) is 18.1 Å². The number of esters is 1. The van der Waals surface area contributed by atoms with E-state index in [0.29, 0.717) is 0 Å². The molecule has 0 spiro atoms. The van der Waals surface area contributed by atoms with E-state index < -0.39 is 0 Å². The minimum absolute atomic E-state index is 0.0311. The molecule has 0 radical (unpaired) electrons. The summed E-state index contributed by atoms with van der Waals surface area (Å²) in [5.41, 5.74) is 2.82. The standard InChI is InChI=1S/C18H23N3O3/c1-13(11-17(22)24-2)12-20-9-7-14(8-10-20)21-16-6-4-3-5-15(16)19-18(21)23/h3-6,11,14H,7-10,12H2,1-2H3,(H,19,23)/b13-11+. The lowest BCUT2D eigenvalue weighted by atomic mass is 10.0. The highest BCUT2D eigenvalue weighted by Crippen LogP contribution is 2.25. The number of fused-ring (bicyclic) bond motifs is 1. The SMILES string of the molecule is COC(=O)/C=C(\C)CN1CCC(n2c(=O)[nH]c3ccccc32)CC1. The molecule has 1 saturated heterocycles. The molecule has 0 atom stereocenters. The van der Waals surface area contributed by atoms with E-state index in [4.69, 9.17) is 0 Å². The highest BCUT2D eigenvalue weighted by atomic mass is 16.5. The third-order valence-electron chi connectivity index (χ3n) is 4.58. The maximum atomic E-state index is 12.3. The van der Waals surface area contributed by atoms with Crippen molar-refractivity contribution in [3.05, 3.63) is 46.4 Å². The molecule has 6 heteroatoms. The first kappa shape index (κ1) is 16.5. The van der Waals surface area contributed by atoms with Crippen molar-refractivity contribution < 1.29 is 9.53 Å². The van der Waals surface area contributed by atoms with Crippen molar-refractivity contribution >= 4 is 17.0 Å². The number of hydrogen-bond donors (Lipinski definition) is 1. The van der Waals surface area contributed by atoms with Crippen LogP contribution in [0.15, 0.2) is 40.7 Å². The molecular formula is C18H23N3O3. The lowest BCUT2D eigenvalue weighted by molar-refractivity contribution is -0.134. The molecule has 3 rings (SSSR count). The average molecular weight is 329 g/mol. The number of methoxy groups -OCH3 is 1. The minimum Gasteiger partial charge on any atom is -0.466 e. The van der Waals surface area contributed by atoms with Crippen molar-refractivity contribution in [1.29, 1.82) is 0 Å². The van der Waals surface area contributed by atoms with Gasteiger partial charge in [-0.1, -0.05) is 17.7 Å². The number of aromatic nitrogens is 2. The fourth-order valence-electron chi connectivity index (χ4n) is 3.43. The molecule has 0 amide bonds. The van der Waals surface area contributed by atoms with Gasteiger partial charge in [0.15, 0.2) is 0 Å². The van der Waals surface area contributed by atoms with Crippen LogP contribution in [0.25, 0.3) is 11.0 Å². The number of piperidine rings is 1. The van der Waals surface area contributed by atoms with Crippen LogP contribution in [-0.4, -0.2) is 47.2 Å². The molecule has 1 aromatic carbocycles. The number of rotatable bonds is 4. The Balaban J connectivity index is 1.67. The quantitative estimate of drug-likeness (QED) is 0.689. The molecule has 0 unspecified atom stereocenters. The molecular weight excluding hydrogens is 306 g/mol. The fourth-order valence-corrected chi connectivity index (χ4v) is 3.43. The number of para-hydroxylation sites is 2. The van der Waals surface area contributed by atoms with Crippen molar-refractivity contribution in [2.24, 2.45) is 0 Å². The number of hydrogen-bond acceptors (Lipinski definition) is 4. The molecule has 0 bridgehead atoms. The molecule has 1 aromatic heterocycles. The van der Waals surface area contributed by atoms with Gasteiger partial charge in [0.2, 0.25) is 0 Å². The molecule has 24 heavy (non-hydrogen) atoms. The monoisotopic (exact) mass is 329 g/mol. The molecule has 1 fully saturated rings. The highest BCUT2D eigenvalue weighted by molar-refractivity contribution is 5.82. The summed E-state index contributed by atoms with van der Waals surface area (Å²) in [6.45, 7) is 4.50. The van der Waals surface area contributed by atoms with Crippen LogP contribution >= 0.6 is 0 Å². The van der Waals surface area contributed by atoms with E-state index in [2.05, 4.69) is 14.6 Å². The van der Waals surface area contributed by atoms with Gasteiger partial charge < -0.3 is 9.72 Å². The first-order valence-electron chi connectivity index (χ1n) is 8.25. The normalized spacial score (nSPS) is 17.3. The van der Waals surface area contributed by atoms with Crippen molar-refractivity contribution in [3.63, 3.8) is 0 Å². The second kappa shape index (κ2) is 7.05. The first-order chi connectivity index (χ1) is 11.6. The van der Waals surface area contributed by atoms with Crippen LogP contribution in [0.4, 0.5) is 0 Å². The number of benzene rings is 1. The predicted octanol–water partition coefficient (Wildman–Crippen LogP) is 2.09. The number of imidazole rings is 1. The molecule has 1 N–H and O–H groups in total. The Hall–Kier alpha value is -2.34. The highest BCUT2D eigenvalue weighted by Gasteiger charge is 2.23. The summed E-state index contributed by atoms with van der Waals surface area (Å²) < 4.78 is 6.55. The molecule has 128 valence electrons. The van der Waals surface area contributed by atoms with Gasteiger partial charge in [-0.2, -0.15) is 0 Å². The second-order valence-electron chi connectivity index (χ2n) is 6.34. The molecule has 0 aliphatic carbocycles. The maximum absolute atomic E-state index is 12.3. The van der Waals surface area contributed by atoms with Gasteiger partial charge >= 0.3 is 11.7 Å². The maximum Gasteiger partial charge on any atom is 0.330 e. The van der Waals surface area contributed by atoms with Gasteiger partial charge in [-0.3, -0.25) is 9.47 Å². The van der Waals surface area contributed by atoms with Crippen LogP contribution in [0.5, 0.6) is 0 Å². The van der Waals surface area contributed by atoms with E-state index in [1.807, 2.05) is 35.8 Å². The molecule has 0 saturated carbocycles. The van der Waals surface area contributed by atoms with Crippen LogP contribution in [0, 0.1) is 0 Å². The topological polar surface area (TPSA) is 67.3 Å². The zero-order valence-corrected chi connectivity index (χ0v) is 14.1. The van der Waals surface area contributed by atoms with Gasteiger partial charge in [-0.05, 0) is 31.9 Å². The number of nitrogens with one attached hydrogen (secondary N) is 1. The van der Waals surface area contributed by atoms with Crippen molar-refractivity contribution in [3.8, 4) is 0 Å². The van der Waals surface area contributed by atoms with E-state index in [1.165, 1.54) is 13.2 Å². The molecule has 1 aliphatic heterocycles. The lowest BCUT2D eigenvalue weighted by Crippen LogP contribution is -2.37. The summed E-state index contributed by atoms with van der Waals surface area (Å²) in [6.07, 6.45) is 3.39. The van der Waals surface area contributed by atoms with Gasteiger partial charge in [0.25, 0.3) is 0 Å². The Kier molecular flexibility index (Phi) is 4.85. The van der Waals surface area contributed by atoms with Crippen molar-refractivity contribution in [1.82, 2.24) is 14.5 Å². The average Bonchev–Trinajstić information content (AvgIpc) is 2.91. The molecule has 6 nitrogen and oxygen atoms in total. The third kappa shape index (κ3) is 3.43. The number of aromatic amines is 1. The fraction of sp³-hybridized carbons (Fsp3) is 0.444. The number of nitrogens with zero attached hydrogens (tertiary/aromatic N) is 2. The van der Waals surface area contributed by atoms with E-state index in [0.717, 1.165) is 49.1 Å². The summed E-state index contributed by atoms with van der Waals surface area (Å²) in [4.78, 5) is 28.8. The zero-order chi connectivity index (χ0) is 17.1. The van der Waals surface area contributed by atoms with Crippen LogP contribution < -0.4 is 5.69 Å². The molecule has 1 aliphatic rings. The Morgan fingerprint density at radius 3 is 2.75 bits per heavy atom. The summed E-state index contributed by atoms with van der Waals surface area (Å²) >= 11 is 0. The number of carbonyl (C=O) groups excluding carboxylic acids is 1. The first-order valence-corrected chi connectivity index (χ1v) is 8.25. The molecule has 2 heterocycles. The second-order valence-corrected chi connectivity index (χ2v) is 6.34.